The average Bonchev–Trinajstić information content (AvgIpc) is 2.46. The van der Waals surface area contributed by atoms with Crippen LogP contribution in [0.5, 0.6) is 0 Å². The van der Waals surface area contributed by atoms with Gasteiger partial charge in [-0.05, 0) is 49.9 Å². The van der Waals surface area contributed by atoms with Crippen LogP contribution in [0.15, 0.2) is 18.2 Å². The Bertz CT molecular complexity index is 573. The zero-order chi connectivity index (χ0) is 15.6. The van der Waals surface area contributed by atoms with E-state index >= 15 is 0 Å². The molecule has 0 aromatic heterocycles. The van der Waals surface area contributed by atoms with Gasteiger partial charge in [0.25, 0.3) is 5.91 Å². The van der Waals surface area contributed by atoms with E-state index in [-0.39, 0.29) is 18.3 Å². The second kappa shape index (κ2) is 5.84. The molecule has 0 saturated carbocycles. The molecule has 1 aliphatic rings. The molecule has 0 aliphatic carbocycles. The van der Waals surface area contributed by atoms with Gasteiger partial charge in [0.2, 0.25) is 0 Å². The molecule has 1 unspecified atom stereocenters. The predicted molar refractivity (Wildman–Crippen MR) is 76.6 cm³/mol. The molecule has 1 N–H and O–H groups in total. The number of carboxylic acids is 1. The van der Waals surface area contributed by atoms with Crippen molar-refractivity contribution >= 4 is 11.9 Å². The normalized spacial score (nSPS) is 22.1. The SMILES string of the molecule is CCC1(C(=O)O)CCCN(C(=O)c2ccc(F)cc2C)C1. The minimum Gasteiger partial charge on any atom is -0.481 e. The topological polar surface area (TPSA) is 57.6 Å². The third kappa shape index (κ3) is 2.91. The molecule has 1 atom stereocenters. The van der Waals surface area contributed by atoms with E-state index in [1.54, 1.807) is 11.8 Å². The Hall–Kier alpha value is -1.91. The maximum atomic E-state index is 13.1. The summed E-state index contributed by atoms with van der Waals surface area (Å²) in [4.78, 5) is 25.7. The summed E-state index contributed by atoms with van der Waals surface area (Å²) >= 11 is 0. The Morgan fingerprint density at radius 3 is 2.71 bits per heavy atom. The van der Waals surface area contributed by atoms with Gasteiger partial charge in [0, 0.05) is 18.7 Å². The summed E-state index contributed by atoms with van der Waals surface area (Å²) in [5.41, 5.74) is 0.152. The quantitative estimate of drug-likeness (QED) is 0.932. The van der Waals surface area contributed by atoms with Crippen molar-refractivity contribution in [1.82, 2.24) is 4.90 Å². The molecule has 5 heteroatoms. The fraction of sp³-hybridized carbons (Fsp3) is 0.500. The number of piperidine rings is 1. The summed E-state index contributed by atoms with van der Waals surface area (Å²) in [6.45, 7) is 4.29. The van der Waals surface area contributed by atoms with Crippen LogP contribution in [0, 0.1) is 18.2 Å². The Labute approximate surface area is 123 Å². The van der Waals surface area contributed by atoms with Gasteiger partial charge in [-0.3, -0.25) is 9.59 Å². The lowest BCUT2D eigenvalue weighted by Gasteiger charge is -2.39. The number of rotatable bonds is 3. The number of nitrogens with zero attached hydrogens (tertiary/aromatic N) is 1. The molecule has 0 radical (unpaired) electrons. The number of carboxylic acid groups (broad SMARTS) is 1. The maximum Gasteiger partial charge on any atom is 0.311 e. The van der Waals surface area contributed by atoms with Gasteiger partial charge in [0.15, 0.2) is 0 Å². The van der Waals surface area contributed by atoms with Crippen molar-refractivity contribution in [3.8, 4) is 0 Å². The molecular formula is C16H20FNO3. The summed E-state index contributed by atoms with van der Waals surface area (Å²) in [5, 5.41) is 9.46. The van der Waals surface area contributed by atoms with Crippen LogP contribution in [0.4, 0.5) is 4.39 Å². The highest BCUT2D eigenvalue weighted by atomic mass is 19.1. The summed E-state index contributed by atoms with van der Waals surface area (Å²) in [6, 6.07) is 4.05. The van der Waals surface area contributed by atoms with Crippen LogP contribution in [0.1, 0.15) is 42.1 Å². The minimum atomic E-state index is -0.859. The first-order chi connectivity index (χ1) is 9.89. The highest BCUT2D eigenvalue weighted by Gasteiger charge is 2.42. The molecular weight excluding hydrogens is 273 g/mol. The van der Waals surface area contributed by atoms with Gasteiger partial charge < -0.3 is 10.0 Å². The number of halogens is 1. The van der Waals surface area contributed by atoms with Crippen LogP contribution in [0.25, 0.3) is 0 Å². The van der Waals surface area contributed by atoms with Crippen LogP contribution in [0.3, 0.4) is 0 Å². The lowest BCUT2D eigenvalue weighted by atomic mass is 9.77. The molecule has 1 heterocycles. The number of hydrogen-bond acceptors (Lipinski definition) is 2. The van der Waals surface area contributed by atoms with Crippen molar-refractivity contribution in [2.45, 2.75) is 33.1 Å². The van der Waals surface area contributed by atoms with Crippen LogP contribution in [-0.4, -0.2) is 35.0 Å². The molecule has 1 amide bonds. The Kier molecular flexibility index (Phi) is 4.30. The minimum absolute atomic E-state index is 0.216. The maximum absolute atomic E-state index is 13.1. The Morgan fingerprint density at radius 2 is 2.14 bits per heavy atom. The highest BCUT2D eigenvalue weighted by Crippen LogP contribution is 2.34. The van der Waals surface area contributed by atoms with Crippen LogP contribution in [-0.2, 0) is 4.79 Å². The van der Waals surface area contributed by atoms with Gasteiger partial charge in [0.1, 0.15) is 5.82 Å². The number of likely N-dealkylation sites (tertiary alicyclic amines) is 1. The van der Waals surface area contributed by atoms with Crippen LogP contribution >= 0.6 is 0 Å². The number of aryl methyl sites for hydroxylation is 1. The monoisotopic (exact) mass is 293 g/mol. The lowest BCUT2D eigenvalue weighted by molar-refractivity contribution is -0.152. The molecule has 21 heavy (non-hydrogen) atoms. The van der Waals surface area contributed by atoms with E-state index in [9.17, 15) is 19.1 Å². The van der Waals surface area contributed by atoms with E-state index in [1.165, 1.54) is 18.2 Å². The Balaban J connectivity index is 2.25. The number of amides is 1. The fourth-order valence-corrected chi connectivity index (χ4v) is 2.96. The van der Waals surface area contributed by atoms with E-state index in [4.69, 9.17) is 0 Å². The third-order valence-corrected chi connectivity index (χ3v) is 4.41. The lowest BCUT2D eigenvalue weighted by Crippen LogP contribution is -2.49. The van der Waals surface area contributed by atoms with E-state index in [2.05, 4.69) is 0 Å². The summed E-state index contributed by atoms with van der Waals surface area (Å²) < 4.78 is 13.1. The molecule has 2 rings (SSSR count). The molecule has 1 aromatic rings. The van der Waals surface area contributed by atoms with Gasteiger partial charge in [0.05, 0.1) is 5.41 Å². The summed E-state index contributed by atoms with van der Waals surface area (Å²) in [7, 11) is 0. The Morgan fingerprint density at radius 1 is 1.43 bits per heavy atom. The van der Waals surface area contributed by atoms with E-state index in [0.717, 1.165) is 0 Å². The standard InChI is InChI=1S/C16H20FNO3/c1-3-16(15(20)21)7-4-8-18(10-16)14(19)13-6-5-12(17)9-11(13)2/h5-6,9H,3-4,7-8,10H2,1-2H3,(H,20,21). The fourth-order valence-electron chi connectivity index (χ4n) is 2.96. The first-order valence-electron chi connectivity index (χ1n) is 7.18. The molecule has 1 aliphatic heterocycles. The molecule has 0 bridgehead atoms. The second-order valence-electron chi connectivity index (χ2n) is 5.73. The van der Waals surface area contributed by atoms with Gasteiger partial charge in [-0.25, -0.2) is 4.39 Å². The molecule has 1 fully saturated rings. The van der Waals surface area contributed by atoms with Crippen molar-refractivity contribution in [2.75, 3.05) is 13.1 Å². The third-order valence-electron chi connectivity index (χ3n) is 4.41. The van der Waals surface area contributed by atoms with Crippen molar-refractivity contribution in [3.05, 3.63) is 35.1 Å². The van der Waals surface area contributed by atoms with E-state index < -0.39 is 11.4 Å². The molecule has 1 saturated heterocycles. The molecule has 4 nitrogen and oxygen atoms in total. The molecule has 1 aromatic carbocycles. The van der Waals surface area contributed by atoms with Crippen molar-refractivity contribution in [2.24, 2.45) is 5.41 Å². The number of carbonyl (C=O) groups excluding carboxylic acids is 1. The average molecular weight is 293 g/mol. The number of benzene rings is 1. The zero-order valence-electron chi connectivity index (χ0n) is 12.4. The number of aliphatic carboxylic acids is 1. The first-order valence-corrected chi connectivity index (χ1v) is 7.18. The molecule has 0 spiro atoms. The first kappa shape index (κ1) is 15.5. The van der Waals surface area contributed by atoms with Crippen LogP contribution < -0.4 is 0 Å². The zero-order valence-corrected chi connectivity index (χ0v) is 12.4. The number of carbonyl (C=O) groups is 2. The summed E-state index contributed by atoms with van der Waals surface area (Å²) in [6.07, 6.45) is 1.76. The summed E-state index contributed by atoms with van der Waals surface area (Å²) in [5.74, 6) is -1.44. The highest BCUT2D eigenvalue weighted by molar-refractivity contribution is 5.96. The van der Waals surface area contributed by atoms with Gasteiger partial charge in [-0.2, -0.15) is 0 Å². The van der Waals surface area contributed by atoms with Crippen molar-refractivity contribution in [1.29, 1.82) is 0 Å². The smallest absolute Gasteiger partial charge is 0.311 e. The second-order valence-corrected chi connectivity index (χ2v) is 5.73. The van der Waals surface area contributed by atoms with Gasteiger partial charge in [-0.15, -0.1) is 0 Å². The number of hydrogen-bond donors (Lipinski definition) is 1. The van der Waals surface area contributed by atoms with Gasteiger partial charge >= 0.3 is 5.97 Å². The predicted octanol–water partition coefficient (Wildman–Crippen LogP) is 2.85. The van der Waals surface area contributed by atoms with Gasteiger partial charge in [-0.1, -0.05) is 6.92 Å². The van der Waals surface area contributed by atoms with E-state index in [1.807, 2.05) is 6.92 Å². The largest absolute Gasteiger partial charge is 0.481 e. The van der Waals surface area contributed by atoms with E-state index in [0.29, 0.717) is 36.9 Å². The van der Waals surface area contributed by atoms with Crippen molar-refractivity contribution < 1.29 is 19.1 Å². The van der Waals surface area contributed by atoms with Crippen molar-refractivity contribution in [3.63, 3.8) is 0 Å². The molecule has 114 valence electrons. The van der Waals surface area contributed by atoms with Crippen LogP contribution in [0.2, 0.25) is 0 Å².